The molecule has 1 saturated heterocycles. The molecule has 1 amide bonds. The van der Waals surface area contributed by atoms with Crippen molar-refractivity contribution in [2.45, 2.75) is 35.5 Å². The molecule has 0 aliphatic carbocycles. The number of carbonyl (C=O) groups excluding carboxylic acids is 1. The first kappa shape index (κ1) is 22.3. The molecule has 1 fully saturated rings. The van der Waals surface area contributed by atoms with Crippen molar-refractivity contribution in [3.05, 3.63) is 54.6 Å². The molecule has 10 heteroatoms. The van der Waals surface area contributed by atoms with Crippen LogP contribution in [-0.2, 0) is 24.8 Å². The third-order valence-electron chi connectivity index (χ3n) is 4.97. The summed E-state index contributed by atoms with van der Waals surface area (Å²) in [5.41, 5.74) is 5.60. The van der Waals surface area contributed by atoms with Crippen molar-refractivity contribution in [3.8, 4) is 0 Å². The third-order valence-corrected chi connectivity index (χ3v) is 8.72. The number of nitrogens with zero attached hydrogens (tertiary/aromatic N) is 2. The van der Waals surface area contributed by atoms with Crippen molar-refractivity contribution in [2.24, 2.45) is 5.73 Å². The number of amides is 1. The Kier molecular flexibility index (Phi) is 6.79. The van der Waals surface area contributed by atoms with Crippen molar-refractivity contribution in [1.29, 1.82) is 0 Å². The minimum absolute atomic E-state index is 0.0617. The first-order valence-corrected chi connectivity index (χ1v) is 12.6. The molecule has 0 atom stereocenters. The molecule has 30 heavy (non-hydrogen) atoms. The molecule has 0 unspecified atom stereocenters. The van der Waals surface area contributed by atoms with Gasteiger partial charge < -0.3 is 5.73 Å². The minimum atomic E-state index is -4.02. The lowest BCUT2D eigenvalue weighted by atomic mass is 10.2. The van der Waals surface area contributed by atoms with Crippen molar-refractivity contribution in [3.63, 3.8) is 0 Å². The fourth-order valence-electron chi connectivity index (χ4n) is 3.36. The molecule has 8 nitrogen and oxygen atoms in total. The van der Waals surface area contributed by atoms with Crippen LogP contribution < -0.4 is 10.0 Å². The van der Waals surface area contributed by atoms with Crippen LogP contribution in [-0.4, -0.2) is 46.7 Å². The van der Waals surface area contributed by atoms with Gasteiger partial charge >= 0.3 is 0 Å². The molecule has 1 aliphatic heterocycles. The number of benzene rings is 2. The maximum atomic E-state index is 13.2. The predicted octanol–water partition coefficient (Wildman–Crippen LogP) is 1.93. The van der Waals surface area contributed by atoms with Gasteiger partial charge in [-0.1, -0.05) is 24.6 Å². The van der Waals surface area contributed by atoms with E-state index >= 15 is 0 Å². The number of hydrogen-bond donors (Lipinski definition) is 1. The van der Waals surface area contributed by atoms with Crippen LogP contribution in [0.15, 0.2) is 64.4 Å². The van der Waals surface area contributed by atoms with Gasteiger partial charge in [-0.25, -0.2) is 16.8 Å². The summed E-state index contributed by atoms with van der Waals surface area (Å²) in [6, 6.07) is 13.6. The van der Waals surface area contributed by atoms with Crippen LogP contribution in [0.25, 0.3) is 0 Å². The zero-order chi connectivity index (χ0) is 21.8. The molecule has 1 heterocycles. The molecule has 0 radical (unpaired) electrons. The molecule has 2 N–H and O–H groups in total. The lowest BCUT2D eigenvalue weighted by molar-refractivity contribution is -0.117. The molecule has 3 rings (SSSR count). The van der Waals surface area contributed by atoms with Crippen molar-refractivity contribution >= 4 is 31.6 Å². The van der Waals surface area contributed by atoms with Crippen molar-refractivity contribution < 1.29 is 21.6 Å². The van der Waals surface area contributed by atoms with Crippen LogP contribution in [0.2, 0.25) is 0 Å². The van der Waals surface area contributed by atoms with E-state index in [0.29, 0.717) is 18.8 Å². The molecule has 2 aromatic rings. The number of carbonyl (C=O) groups is 1. The Morgan fingerprint density at radius 2 is 1.43 bits per heavy atom. The summed E-state index contributed by atoms with van der Waals surface area (Å²) in [7, 11) is -7.67. The van der Waals surface area contributed by atoms with Gasteiger partial charge in [-0.05, 0) is 49.2 Å². The van der Waals surface area contributed by atoms with E-state index in [0.717, 1.165) is 23.6 Å². The second-order valence-electron chi connectivity index (χ2n) is 7.07. The fourth-order valence-corrected chi connectivity index (χ4v) is 6.34. The quantitative estimate of drug-likeness (QED) is 0.658. The highest BCUT2D eigenvalue weighted by molar-refractivity contribution is 7.92. The van der Waals surface area contributed by atoms with E-state index in [2.05, 4.69) is 0 Å². The van der Waals surface area contributed by atoms with Crippen LogP contribution >= 0.6 is 0 Å². The Morgan fingerprint density at radius 1 is 0.867 bits per heavy atom. The fraction of sp³-hybridized carbons (Fsp3) is 0.350. The second kappa shape index (κ2) is 9.15. The normalized spacial score (nSPS) is 15.6. The van der Waals surface area contributed by atoms with Crippen LogP contribution in [0.5, 0.6) is 0 Å². The van der Waals surface area contributed by atoms with Gasteiger partial charge in [-0.2, -0.15) is 4.31 Å². The Hall–Kier alpha value is -2.43. The maximum absolute atomic E-state index is 13.2. The molecule has 0 bridgehead atoms. The van der Waals surface area contributed by atoms with Gasteiger partial charge in [-0.3, -0.25) is 9.10 Å². The van der Waals surface area contributed by atoms with Crippen LogP contribution in [0.4, 0.5) is 5.69 Å². The second-order valence-corrected chi connectivity index (χ2v) is 10.9. The standard InChI is InChI=1S/C20H25N3O5S2/c21-20(24)13-16-23(17-7-3-1-4-8-17)30(27,28)19-11-9-18(10-12-19)29(25,26)22-14-5-2-6-15-22/h1,3-4,7-12H,2,5-6,13-16H2,(H2,21,24). The van der Waals surface area contributed by atoms with Gasteiger partial charge in [0.15, 0.2) is 0 Å². The Morgan fingerprint density at radius 3 is 2.00 bits per heavy atom. The molecule has 0 saturated carbocycles. The van der Waals surface area contributed by atoms with E-state index in [1.54, 1.807) is 30.3 Å². The van der Waals surface area contributed by atoms with E-state index in [4.69, 9.17) is 5.73 Å². The highest BCUT2D eigenvalue weighted by atomic mass is 32.2. The summed E-state index contributed by atoms with van der Waals surface area (Å²) in [5, 5.41) is 0. The Labute approximate surface area is 177 Å². The summed E-state index contributed by atoms with van der Waals surface area (Å²) < 4.78 is 54.6. The number of hydrogen-bond acceptors (Lipinski definition) is 5. The van der Waals surface area contributed by atoms with Crippen LogP contribution in [0.3, 0.4) is 0 Å². The predicted molar refractivity (Wildman–Crippen MR) is 114 cm³/mol. The zero-order valence-corrected chi connectivity index (χ0v) is 18.1. The van der Waals surface area contributed by atoms with Gasteiger partial charge in [-0.15, -0.1) is 0 Å². The lowest BCUT2D eigenvalue weighted by Gasteiger charge is -2.26. The molecule has 0 aromatic heterocycles. The van der Waals surface area contributed by atoms with E-state index in [1.807, 2.05) is 0 Å². The number of piperidine rings is 1. The molecule has 2 aromatic carbocycles. The Balaban J connectivity index is 1.91. The number of anilines is 1. The number of rotatable bonds is 8. The largest absolute Gasteiger partial charge is 0.370 e. The van der Waals surface area contributed by atoms with E-state index < -0.39 is 26.0 Å². The summed E-state index contributed by atoms with van der Waals surface area (Å²) in [6.07, 6.45) is 2.49. The van der Waals surface area contributed by atoms with Gasteiger partial charge in [0.2, 0.25) is 15.9 Å². The number of primary amides is 1. The highest BCUT2D eigenvalue weighted by Crippen LogP contribution is 2.26. The molecule has 0 spiro atoms. The summed E-state index contributed by atoms with van der Waals surface area (Å²) in [4.78, 5) is 11.2. The first-order chi connectivity index (χ1) is 14.2. The lowest BCUT2D eigenvalue weighted by Crippen LogP contribution is -2.36. The van der Waals surface area contributed by atoms with Crippen molar-refractivity contribution in [2.75, 3.05) is 23.9 Å². The zero-order valence-electron chi connectivity index (χ0n) is 16.5. The SMILES string of the molecule is NC(=O)CCN(c1ccccc1)S(=O)(=O)c1ccc(S(=O)(=O)N2CCCCC2)cc1. The third kappa shape index (κ3) is 4.82. The molecule has 162 valence electrons. The van der Waals surface area contributed by atoms with Gasteiger partial charge in [0.05, 0.1) is 15.5 Å². The summed E-state index contributed by atoms with van der Waals surface area (Å²) in [5.74, 6) is -0.617. The van der Waals surface area contributed by atoms with Crippen LogP contribution in [0.1, 0.15) is 25.7 Å². The average Bonchev–Trinajstić information content (AvgIpc) is 2.75. The monoisotopic (exact) mass is 451 g/mol. The average molecular weight is 452 g/mol. The van der Waals surface area contributed by atoms with Crippen molar-refractivity contribution in [1.82, 2.24) is 4.31 Å². The first-order valence-electron chi connectivity index (χ1n) is 9.69. The van der Waals surface area contributed by atoms with E-state index in [-0.39, 0.29) is 22.8 Å². The van der Waals surface area contributed by atoms with Gasteiger partial charge in [0.25, 0.3) is 10.0 Å². The maximum Gasteiger partial charge on any atom is 0.264 e. The van der Waals surface area contributed by atoms with E-state index in [1.165, 1.54) is 28.6 Å². The topological polar surface area (TPSA) is 118 Å². The van der Waals surface area contributed by atoms with Crippen LogP contribution in [0, 0.1) is 0 Å². The highest BCUT2D eigenvalue weighted by Gasteiger charge is 2.28. The minimum Gasteiger partial charge on any atom is -0.370 e. The smallest absolute Gasteiger partial charge is 0.264 e. The number of para-hydroxylation sites is 1. The Bertz CT molecular complexity index is 1080. The van der Waals surface area contributed by atoms with E-state index in [9.17, 15) is 21.6 Å². The van der Waals surface area contributed by atoms with Gasteiger partial charge in [0, 0.05) is 26.1 Å². The number of nitrogens with two attached hydrogens (primary N) is 1. The summed E-state index contributed by atoms with van der Waals surface area (Å²) >= 11 is 0. The molecular weight excluding hydrogens is 426 g/mol. The van der Waals surface area contributed by atoms with Gasteiger partial charge in [0.1, 0.15) is 0 Å². The summed E-state index contributed by atoms with van der Waals surface area (Å²) in [6.45, 7) is 0.823. The number of sulfonamides is 2. The molecular formula is C20H25N3O5S2. The molecule has 1 aliphatic rings.